The first-order valence-corrected chi connectivity index (χ1v) is 15.2. The number of amides is 1. The topological polar surface area (TPSA) is 111 Å². The van der Waals surface area contributed by atoms with E-state index in [0.717, 1.165) is 49.5 Å². The van der Waals surface area contributed by atoms with Gasteiger partial charge < -0.3 is 24.8 Å². The normalized spacial score (nSPS) is 14.5. The van der Waals surface area contributed by atoms with Crippen molar-refractivity contribution in [1.29, 1.82) is 0 Å². The molecule has 1 saturated heterocycles. The van der Waals surface area contributed by atoms with Gasteiger partial charge in [0.15, 0.2) is 5.82 Å². The summed E-state index contributed by atoms with van der Waals surface area (Å²) in [6.45, 7) is 19.4. The maximum atomic E-state index is 11.8. The summed E-state index contributed by atoms with van der Waals surface area (Å²) in [5, 5.41) is 6.00. The number of aromatic nitrogens is 3. The number of alkyl carbamates (subject to hydrolysis) is 1. The summed E-state index contributed by atoms with van der Waals surface area (Å²) >= 11 is 0. The second-order valence-electron chi connectivity index (χ2n) is 13.0. The number of ether oxygens (including phenoxy) is 3. The van der Waals surface area contributed by atoms with Gasteiger partial charge in [0.05, 0.1) is 12.3 Å². The third-order valence-corrected chi connectivity index (χ3v) is 6.79. The van der Waals surface area contributed by atoms with Gasteiger partial charge in [0.1, 0.15) is 29.9 Å². The van der Waals surface area contributed by atoms with Crippen molar-refractivity contribution in [3.63, 3.8) is 0 Å². The van der Waals surface area contributed by atoms with Crippen LogP contribution in [-0.4, -0.2) is 63.4 Å². The van der Waals surface area contributed by atoms with Gasteiger partial charge in [-0.25, -0.2) is 14.8 Å². The Kier molecular flexibility index (Phi) is 10.8. The molecule has 0 radical (unpaired) electrons. The number of hydrogen-bond donors (Lipinski definition) is 2. The Bertz CT molecular complexity index is 1390. The molecule has 0 unspecified atom stereocenters. The molecule has 3 aromatic rings. The maximum absolute atomic E-state index is 11.8. The number of hydrogen-bond acceptors (Lipinski definition) is 9. The minimum absolute atomic E-state index is 0.203. The van der Waals surface area contributed by atoms with E-state index in [1.165, 1.54) is 11.9 Å². The van der Waals surface area contributed by atoms with Crippen LogP contribution < -0.4 is 15.4 Å². The maximum Gasteiger partial charge on any atom is 0.407 e. The summed E-state index contributed by atoms with van der Waals surface area (Å²) in [5.74, 6) is 3.02. The zero-order chi connectivity index (χ0) is 31.7. The number of piperidine rings is 1. The van der Waals surface area contributed by atoms with Gasteiger partial charge in [-0.15, -0.1) is 0 Å². The van der Waals surface area contributed by atoms with E-state index in [1.54, 1.807) is 0 Å². The summed E-state index contributed by atoms with van der Waals surface area (Å²) in [4.78, 5) is 27.5. The SMILES string of the molecule is C=C(OC(C)(C)C)C1CCN(Cc2cccc(Nc3ncnc(-c4ccc(OCCNC(=O)OC(C)(C)C)cc4)n3)c2)CC1. The fourth-order valence-electron chi connectivity index (χ4n) is 4.86. The van der Waals surface area contributed by atoms with Crippen molar-refractivity contribution in [3.8, 4) is 17.1 Å². The van der Waals surface area contributed by atoms with Gasteiger partial charge in [-0.3, -0.25) is 4.90 Å². The van der Waals surface area contributed by atoms with Crippen molar-refractivity contribution in [3.05, 3.63) is 72.8 Å². The zero-order valence-electron chi connectivity index (χ0n) is 26.9. The number of allylic oxidation sites excluding steroid dienone is 1. The lowest BCUT2D eigenvalue weighted by Gasteiger charge is -2.34. The Morgan fingerprint density at radius 3 is 2.36 bits per heavy atom. The molecule has 1 aliphatic rings. The lowest BCUT2D eigenvalue weighted by Crippen LogP contribution is -2.35. The number of carbonyl (C=O) groups excluding carboxylic acids is 1. The molecule has 44 heavy (non-hydrogen) atoms. The second-order valence-corrected chi connectivity index (χ2v) is 13.0. The van der Waals surface area contributed by atoms with Gasteiger partial charge >= 0.3 is 6.09 Å². The quantitative estimate of drug-likeness (QED) is 0.182. The minimum Gasteiger partial charge on any atom is -0.493 e. The van der Waals surface area contributed by atoms with Crippen LogP contribution in [0.5, 0.6) is 5.75 Å². The van der Waals surface area contributed by atoms with Crippen LogP contribution >= 0.6 is 0 Å². The molecule has 0 atom stereocenters. The monoisotopic (exact) mass is 602 g/mol. The Balaban J connectivity index is 1.26. The van der Waals surface area contributed by atoms with Gasteiger partial charge in [0.2, 0.25) is 5.95 Å². The average Bonchev–Trinajstić information content (AvgIpc) is 2.95. The smallest absolute Gasteiger partial charge is 0.407 e. The van der Waals surface area contributed by atoms with Gasteiger partial charge in [-0.2, -0.15) is 4.98 Å². The summed E-state index contributed by atoms with van der Waals surface area (Å²) in [7, 11) is 0. The highest BCUT2D eigenvalue weighted by Gasteiger charge is 2.25. The van der Waals surface area contributed by atoms with Gasteiger partial charge in [0.25, 0.3) is 0 Å². The van der Waals surface area contributed by atoms with Crippen LogP contribution in [0.15, 0.2) is 67.2 Å². The highest BCUT2D eigenvalue weighted by Crippen LogP contribution is 2.29. The zero-order valence-corrected chi connectivity index (χ0v) is 26.9. The molecule has 0 bridgehead atoms. The number of carbonyl (C=O) groups is 1. The summed E-state index contributed by atoms with van der Waals surface area (Å²) in [6, 6.07) is 15.8. The molecule has 2 aromatic carbocycles. The van der Waals surface area contributed by atoms with Crippen molar-refractivity contribution in [2.75, 3.05) is 31.6 Å². The molecule has 10 heteroatoms. The molecule has 1 aromatic heterocycles. The van der Waals surface area contributed by atoms with E-state index in [1.807, 2.05) is 57.2 Å². The average molecular weight is 603 g/mol. The Labute approximate surface area is 261 Å². The van der Waals surface area contributed by atoms with Crippen molar-refractivity contribution in [1.82, 2.24) is 25.2 Å². The van der Waals surface area contributed by atoms with E-state index >= 15 is 0 Å². The molecule has 1 amide bonds. The molecule has 2 heterocycles. The predicted octanol–water partition coefficient (Wildman–Crippen LogP) is 6.73. The standard InChI is InChI=1S/C34H46N6O4/c1-24(43-33(2,3)4)26-15-18-40(19-16-26)22-25-9-8-10-28(21-25)38-31-37-23-36-30(39-31)27-11-13-29(14-12-27)42-20-17-35-32(41)44-34(5,6)7/h8-14,21,23,26H,1,15-20,22H2,2-7H3,(H,35,41)(H,36,37,38,39). The second kappa shape index (κ2) is 14.5. The van der Waals surface area contributed by atoms with E-state index in [9.17, 15) is 4.79 Å². The van der Waals surface area contributed by atoms with Crippen LogP contribution in [0.4, 0.5) is 16.4 Å². The number of rotatable bonds is 11. The van der Waals surface area contributed by atoms with Crippen LogP contribution in [0.1, 0.15) is 59.9 Å². The molecule has 10 nitrogen and oxygen atoms in total. The first-order chi connectivity index (χ1) is 20.8. The summed E-state index contributed by atoms with van der Waals surface area (Å²) in [6.07, 6.45) is 3.15. The largest absolute Gasteiger partial charge is 0.493 e. The Morgan fingerprint density at radius 2 is 1.68 bits per heavy atom. The van der Waals surface area contributed by atoms with Crippen molar-refractivity contribution < 1.29 is 19.0 Å². The lowest BCUT2D eigenvalue weighted by atomic mass is 9.94. The number of nitrogens with one attached hydrogen (secondary N) is 2. The molecule has 1 fully saturated rings. The van der Waals surface area contributed by atoms with Gasteiger partial charge in [0, 0.05) is 23.7 Å². The highest BCUT2D eigenvalue weighted by molar-refractivity contribution is 5.67. The van der Waals surface area contributed by atoms with Gasteiger partial charge in [-0.05, 0) is 109 Å². The molecule has 0 spiro atoms. The van der Waals surface area contributed by atoms with Crippen LogP contribution in [0, 0.1) is 5.92 Å². The van der Waals surface area contributed by atoms with E-state index in [4.69, 9.17) is 14.2 Å². The van der Waals surface area contributed by atoms with Crippen LogP contribution in [0.25, 0.3) is 11.4 Å². The third kappa shape index (κ3) is 10.8. The fourth-order valence-corrected chi connectivity index (χ4v) is 4.86. The van der Waals surface area contributed by atoms with Crippen LogP contribution in [0.3, 0.4) is 0 Å². The number of benzene rings is 2. The summed E-state index contributed by atoms with van der Waals surface area (Å²) < 4.78 is 17.0. The molecule has 4 rings (SSSR count). The number of nitrogens with zero attached hydrogens (tertiary/aromatic N) is 4. The van der Waals surface area contributed by atoms with Crippen molar-refractivity contribution >= 4 is 17.7 Å². The van der Waals surface area contributed by atoms with Crippen LogP contribution in [0.2, 0.25) is 0 Å². The molecule has 2 N–H and O–H groups in total. The highest BCUT2D eigenvalue weighted by atomic mass is 16.6. The van der Waals surface area contributed by atoms with Crippen molar-refractivity contribution in [2.24, 2.45) is 5.92 Å². The third-order valence-electron chi connectivity index (χ3n) is 6.79. The fraction of sp³-hybridized carbons (Fsp3) is 0.471. The minimum atomic E-state index is -0.536. The lowest BCUT2D eigenvalue weighted by molar-refractivity contribution is 0.0237. The molecular formula is C34H46N6O4. The molecule has 0 saturated carbocycles. The first-order valence-electron chi connectivity index (χ1n) is 15.2. The van der Waals surface area contributed by atoms with Gasteiger partial charge in [-0.1, -0.05) is 18.7 Å². The van der Waals surface area contributed by atoms with Crippen LogP contribution in [-0.2, 0) is 16.0 Å². The van der Waals surface area contributed by atoms with E-state index < -0.39 is 11.7 Å². The molecular weight excluding hydrogens is 556 g/mol. The number of anilines is 2. The molecule has 0 aliphatic carbocycles. The Morgan fingerprint density at radius 1 is 0.977 bits per heavy atom. The van der Waals surface area contributed by atoms with E-state index in [2.05, 4.69) is 70.0 Å². The van der Waals surface area contributed by atoms with E-state index in [0.29, 0.717) is 36.6 Å². The summed E-state index contributed by atoms with van der Waals surface area (Å²) in [5.41, 5.74) is 2.24. The van der Waals surface area contributed by atoms with Crippen molar-refractivity contribution in [2.45, 2.75) is 72.1 Å². The van der Waals surface area contributed by atoms with E-state index in [-0.39, 0.29) is 5.60 Å². The molecule has 236 valence electrons. The predicted molar refractivity (Wildman–Crippen MR) is 173 cm³/mol. The number of likely N-dealkylation sites (tertiary alicyclic amines) is 1. The Hall–Kier alpha value is -4.18. The first kappa shape index (κ1) is 32.7. The molecule has 1 aliphatic heterocycles.